The molecule has 0 bridgehead atoms. The maximum atomic E-state index is 12.9. The van der Waals surface area contributed by atoms with E-state index in [1.165, 1.54) is 0 Å². The third-order valence-electron chi connectivity index (χ3n) is 5.02. The van der Waals surface area contributed by atoms with Crippen molar-refractivity contribution in [2.75, 3.05) is 66.1 Å². The van der Waals surface area contributed by atoms with Gasteiger partial charge in [0.15, 0.2) is 5.78 Å². The van der Waals surface area contributed by atoms with Crippen LogP contribution in [0.25, 0.3) is 0 Å². The molecule has 0 aliphatic carbocycles. The monoisotopic (exact) mass is 408 g/mol. The Bertz CT molecular complexity index is 723. The van der Waals surface area contributed by atoms with Gasteiger partial charge in [-0.3, -0.25) is 19.4 Å². The number of nitrogens with one attached hydrogen (secondary N) is 2. The van der Waals surface area contributed by atoms with Crippen molar-refractivity contribution in [3.05, 3.63) is 22.5 Å². The van der Waals surface area contributed by atoms with E-state index in [0.717, 1.165) is 13.1 Å². The SMILES string of the molecule is CCOC(=O)c1[nH]c(C)c(C(=O)CN2CCN(CC(=O)NCCOC)CC2)c1C. The minimum Gasteiger partial charge on any atom is -0.461 e. The van der Waals surface area contributed by atoms with E-state index in [1.807, 2.05) is 0 Å². The van der Waals surface area contributed by atoms with E-state index in [1.54, 1.807) is 27.9 Å². The van der Waals surface area contributed by atoms with Crippen molar-refractivity contribution in [1.29, 1.82) is 0 Å². The Labute approximate surface area is 171 Å². The van der Waals surface area contributed by atoms with Gasteiger partial charge in [-0.15, -0.1) is 0 Å². The highest BCUT2D eigenvalue weighted by Gasteiger charge is 2.26. The lowest BCUT2D eigenvalue weighted by molar-refractivity contribution is -0.122. The molecule has 29 heavy (non-hydrogen) atoms. The molecule has 9 heteroatoms. The van der Waals surface area contributed by atoms with Crippen LogP contribution in [0.2, 0.25) is 0 Å². The average Bonchev–Trinajstić information content (AvgIpc) is 2.98. The van der Waals surface area contributed by atoms with Crippen LogP contribution in [0.5, 0.6) is 0 Å². The van der Waals surface area contributed by atoms with Gasteiger partial charge in [0.2, 0.25) is 5.91 Å². The first kappa shape index (κ1) is 23.1. The Morgan fingerprint density at radius 2 is 1.69 bits per heavy atom. The first-order chi connectivity index (χ1) is 13.9. The second-order valence-electron chi connectivity index (χ2n) is 7.16. The quantitative estimate of drug-likeness (QED) is 0.327. The molecule has 0 radical (unpaired) electrons. The number of amides is 1. The number of nitrogens with zero attached hydrogens (tertiary/aromatic N) is 2. The number of piperazine rings is 1. The van der Waals surface area contributed by atoms with Crippen molar-refractivity contribution < 1.29 is 23.9 Å². The highest BCUT2D eigenvalue weighted by atomic mass is 16.5. The number of hydrogen-bond acceptors (Lipinski definition) is 7. The van der Waals surface area contributed by atoms with E-state index < -0.39 is 5.97 Å². The molecule has 0 unspecified atom stereocenters. The van der Waals surface area contributed by atoms with Gasteiger partial charge in [-0.25, -0.2) is 4.79 Å². The maximum absolute atomic E-state index is 12.9. The molecule has 1 aliphatic heterocycles. The molecule has 1 amide bonds. The minimum absolute atomic E-state index is 0.0162. The number of Topliss-reactive ketones (excluding diaryl/α,β-unsaturated/α-hetero) is 1. The van der Waals surface area contributed by atoms with Gasteiger partial charge in [-0.1, -0.05) is 0 Å². The van der Waals surface area contributed by atoms with Gasteiger partial charge in [-0.2, -0.15) is 0 Å². The number of hydrogen-bond donors (Lipinski definition) is 2. The number of methoxy groups -OCH3 is 1. The standard InChI is InChI=1S/C20H32N4O5/c1-5-29-20(27)19-14(2)18(15(3)22-19)16(25)12-23-7-9-24(10-8-23)13-17(26)21-6-11-28-4/h22H,5-13H2,1-4H3,(H,21,26). The van der Waals surface area contributed by atoms with Crippen LogP contribution in [0.1, 0.15) is 39.0 Å². The summed E-state index contributed by atoms with van der Waals surface area (Å²) in [5, 5.41) is 2.81. The number of H-pyrrole nitrogens is 1. The lowest BCUT2D eigenvalue weighted by Gasteiger charge is -2.33. The van der Waals surface area contributed by atoms with Crippen LogP contribution >= 0.6 is 0 Å². The zero-order valence-corrected chi connectivity index (χ0v) is 17.8. The Morgan fingerprint density at radius 3 is 2.28 bits per heavy atom. The number of rotatable bonds is 10. The molecule has 0 atom stereocenters. The molecule has 2 N–H and O–H groups in total. The van der Waals surface area contributed by atoms with Crippen molar-refractivity contribution in [3.8, 4) is 0 Å². The van der Waals surface area contributed by atoms with Crippen molar-refractivity contribution in [2.45, 2.75) is 20.8 Å². The number of aromatic amines is 1. The van der Waals surface area contributed by atoms with Crippen molar-refractivity contribution in [3.63, 3.8) is 0 Å². The molecule has 2 heterocycles. The topological polar surface area (TPSA) is 104 Å². The molecule has 1 aliphatic rings. The Balaban J connectivity index is 1.86. The zero-order valence-electron chi connectivity index (χ0n) is 17.8. The van der Waals surface area contributed by atoms with Gasteiger partial charge in [-0.05, 0) is 26.3 Å². The molecule has 0 saturated carbocycles. The summed E-state index contributed by atoms with van der Waals surface area (Å²) in [6, 6.07) is 0. The number of esters is 1. The molecule has 9 nitrogen and oxygen atoms in total. The Morgan fingerprint density at radius 1 is 1.07 bits per heavy atom. The molecule has 1 aromatic heterocycles. The molecule has 0 aromatic carbocycles. The fraction of sp³-hybridized carbons (Fsp3) is 0.650. The van der Waals surface area contributed by atoms with E-state index in [4.69, 9.17) is 9.47 Å². The van der Waals surface area contributed by atoms with E-state index >= 15 is 0 Å². The number of ketones is 1. The van der Waals surface area contributed by atoms with Gasteiger partial charge < -0.3 is 19.8 Å². The van der Waals surface area contributed by atoms with E-state index in [2.05, 4.69) is 20.1 Å². The fourth-order valence-corrected chi connectivity index (χ4v) is 3.51. The first-order valence-electron chi connectivity index (χ1n) is 9.97. The van der Waals surface area contributed by atoms with Crippen LogP contribution in [0, 0.1) is 13.8 Å². The number of carbonyl (C=O) groups excluding carboxylic acids is 3. The summed E-state index contributed by atoms with van der Waals surface area (Å²) in [5.74, 6) is -0.473. The molecule has 2 rings (SSSR count). The van der Waals surface area contributed by atoms with Gasteiger partial charge in [0.1, 0.15) is 5.69 Å². The number of aromatic nitrogens is 1. The lowest BCUT2D eigenvalue weighted by atomic mass is 10.0. The number of aryl methyl sites for hydroxylation is 1. The van der Waals surface area contributed by atoms with Crippen LogP contribution < -0.4 is 5.32 Å². The van der Waals surface area contributed by atoms with E-state index in [0.29, 0.717) is 55.3 Å². The molecular formula is C20H32N4O5. The maximum Gasteiger partial charge on any atom is 0.355 e. The van der Waals surface area contributed by atoms with E-state index in [9.17, 15) is 14.4 Å². The Hall–Kier alpha value is -2.23. The Kier molecular flexibility index (Phi) is 8.81. The van der Waals surface area contributed by atoms with Crippen molar-refractivity contribution in [2.24, 2.45) is 0 Å². The normalized spacial score (nSPS) is 15.3. The average molecular weight is 408 g/mol. The molecule has 1 saturated heterocycles. The van der Waals surface area contributed by atoms with Crippen LogP contribution in [-0.2, 0) is 14.3 Å². The fourth-order valence-electron chi connectivity index (χ4n) is 3.51. The summed E-state index contributed by atoms with van der Waals surface area (Å²) in [6.07, 6.45) is 0. The van der Waals surface area contributed by atoms with Gasteiger partial charge in [0.25, 0.3) is 0 Å². The molecule has 1 aromatic rings. The largest absolute Gasteiger partial charge is 0.461 e. The lowest BCUT2D eigenvalue weighted by Crippen LogP contribution is -2.50. The highest BCUT2D eigenvalue weighted by Crippen LogP contribution is 2.20. The molecule has 1 fully saturated rings. The predicted molar refractivity (Wildman–Crippen MR) is 108 cm³/mol. The summed E-state index contributed by atoms with van der Waals surface area (Å²) in [5.41, 5.74) is 2.23. The second kappa shape index (κ2) is 11.1. The highest BCUT2D eigenvalue weighted by molar-refractivity contribution is 6.03. The summed E-state index contributed by atoms with van der Waals surface area (Å²) >= 11 is 0. The number of carbonyl (C=O) groups is 3. The van der Waals surface area contributed by atoms with Crippen LogP contribution in [-0.4, -0.2) is 98.6 Å². The van der Waals surface area contributed by atoms with Crippen LogP contribution in [0.3, 0.4) is 0 Å². The summed E-state index contributed by atoms with van der Waals surface area (Å²) in [6.45, 7) is 10.1. The van der Waals surface area contributed by atoms with Gasteiger partial charge >= 0.3 is 5.97 Å². The van der Waals surface area contributed by atoms with Crippen LogP contribution in [0.15, 0.2) is 0 Å². The summed E-state index contributed by atoms with van der Waals surface area (Å²) < 4.78 is 9.96. The minimum atomic E-state index is -0.440. The third-order valence-corrected chi connectivity index (χ3v) is 5.02. The predicted octanol–water partition coefficient (Wildman–Crippen LogP) is 0.371. The zero-order chi connectivity index (χ0) is 21.4. The summed E-state index contributed by atoms with van der Waals surface area (Å²) in [7, 11) is 1.60. The third kappa shape index (κ3) is 6.38. The molecule has 162 valence electrons. The van der Waals surface area contributed by atoms with E-state index in [-0.39, 0.29) is 24.8 Å². The smallest absolute Gasteiger partial charge is 0.355 e. The second-order valence-corrected chi connectivity index (χ2v) is 7.16. The van der Waals surface area contributed by atoms with Crippen molar-refractivity contribution in [1.82, 2.24) is 20.1 Å². The molecule has 0 spiro atoms. The van der Waals surface area contributed by atoms with Crippen LogP contribution in [0.4, 0.5) is 0 Å². The molecular weight excluding hydrogens is 376 g/mol. The van der Waals surface area contributed by atoms with Gasteiger partial charge in [0.05, 0.1) is 26.3 Å². The summed E-state index contributed by atoms with van der Waals surface area (Å²) in [4.78, 5) is 43.9. The first-order valence-corrected chi connectivity index (χ1v) is 9.97. The van der Waals surface area contributed by atoms with Crippen molar-refractivity contribution >= 4 is 17.7 Å². The number of ether oxygens (including phenoxy) is 2. The van der Waals surface area contributed by atoms with Gasteiger partial charge in [0, 0.05) is 51.1 Å².